The van der Waals surface area contributed by atoms with Gasteiger partial charge in [0.25, 0.3) is 0 Å². The number of fused-ring (bicyclic) bond motifs is 1. The molecule has 0 aromatic carbocycles. The van der Waals surface area contributed by atoms with Gasteiger partial charge in [-0.25, -0.2) is 15.0 Å². The maximum atomic E-state index is 10.3. The van der Waals surface area contributed by atoms with E-state index in [0.717, 1.165) is 5.57 Å². The predicted octanol–water partition coefficient (Wildman–Crippen LogP) is -0.252. The van der Waals surface area contributed by atoms with Crippen LogP contribution in [0.25, 0.3) is 11.2 Å². The van der Waals surface area contributed by atoms with Gasteiger partial charge in [0.05, 0.1) is 6.33 Å². The van der Waals surface area contributed by atoms with Crippen molar-refractivity contribution in [3.05, 3.63) is 24.8 Å². The van der Waals surface area contributed by atoms with Gasteiger partial charge in [-0.3, -0.25) is 4.57 Å². The number of hydrogen-bond donors (Lipinski definition) is 3. The van der Waals surface area contributed by atoms with Crippen LogP contribution in [0, 0.1) is 0 Å². The summed E-state index contributed by atoms with van der Waals surface area (Å²) in [6, 6.07) is 0. The van der Waals surface area contributed by atoms with Gasteiger partial charge in [-0.15, -0.1) is 0 Å². The third kappa shape index (κ3) is 1.57. The van der Waals surface area contributed by atoms with E-state index < -0.39 is 24.0 Å². The Morgan fingerprint density at radius 3 is 2.81 bits per heavy atom. The molecule has 110 valence electrons. The molecule has 2 fully saturated rings. The highest BCUT2D eigenvalue weighted by Crippen LogP contribution is 2.51. The smallest absolute Gasteiger partial charge is 0.167 e. The molecule has 1 spiro atoms. The lowest BCUT2D eigenvalue weighted by Gasteiger charge is -2.41. The highest BCUT2D eigenvalue weighted by molar-refractivity contribution is 5.81. The molecule has 1 aliphatic heterocycles. The Bertz CT molecular complexity index is 734. The molecule has 0 unspecified atom stereocenters. The zero-order chi connectivity index (χ0) is 14.8. The highest BCUT2D eigenvalue weighted by atomic mass is 16.6. The van der Waals surface area contributed by atoms with Gasteiger partial charge in [-0.2, -0.15) is 0 Å². The number of hydrogen-bond acceptors (Lipinski definition) is 7. The molecule has 0 bridgehead atoms. The lowest BCUT2D eigenvalue weighted by molar-refractivity contribution is -0.124. The van der Waals surface area contributed by atoms with Crippen LogP contribution < -0.4 is 5.73 Å². The van der Waals surface area contributed by atoms with E-state index in [4.69, 9.17) is 10.5 Å². The summed E-state index contributed by atoms with van der Waals surface area (Å²) in [6.07, 6.45) is 1.12. The largest absolute Gasteiger partial charge is 0.387 e. The normalized spacial score (nSPS) is 31.0. The molecule has 0 radical (unpaired) electrons. The first-order valence-electron chi connectivity index (χ1n) is 6.65. The van der Waals surface area contributed by atoms with E-state index in [-0.39, 0.29) is 5.82 Å². The minimum atomic E-state index is -1.06. The molecule has 3 heterocycles. The van der Waals surface area contributed by atoms with E-state index in [2.05, 4.69) is 21.5 Å². The Balaban J connectivity index is 1.76. The average molecular weight is 289 g/mol. The van der Waals surface area contributed by atoms with Gasteiger partial charge in [-0.05, 0) is 0 Å². The van der Waals surface area contributed by atoms with Crippen molar-refractivity contribution in [1.29, 1.82) is 0 Å². The van der Waals surface area contributed by atoms with Crippen molar-refractivity contribution in [1.82, 2.24) is 19.5 Å². The Labute approximate surface area is 119 Å². The molecule has 1 saturated heterocycles. The Morgan fingerprint density at radius 1 is 1.33 bits per heavy atom. The van der Waals surface area contributed by atoms with Crippen LogP contribution in [0.1, 0.15) is 19.1 Å². The van der Waals surface area contributed by atoms with Crippen molar-refractivity contribution in [2.75, 3.05) is 5.73 Å². The van der Waals surface area contributed by atoms with Crippen LogP contribution in [0.5, 0.6) is 0 Å². The summed E-state index contributed by atoms with van der Waals surface area (Å²) >= 11 is 0. The monoisotopic (exact) mass is 289 g/mol. The summed E-state index contributed by atoms with van der Waals surface area (Å²) in [4.78, 5) is 12.2. The highest BCUT2D eigenvalue weighted by Gasteiger charge is 2.59. The van der Waals surface area contributed by atoms with Gasteiger partial charge in [0.1, 0.15) is 29.7 Å². The molecule has 4 rings (SSSR count). The first-order valence-corrected chi connectivity index (χ1v) is 6.65. The number of aliphatic hydroxyl groups is 2. The van der Waals surface area contributed by atoms with Crippen LogP contribution in [0.15, 0.2) is 24.8 Å². The number of aromatic nitrogens is 4. The standard InChI is InChI=1S/C13H15N5O3/c1-6-2-13(3-6)9(20)8(19)12(21-13)18-5-17-7-10(14)15-4-16-11(7)18/h4-5,8-9,12,19-20H,1-3H2,(H2,14,15,16)/t8-,9+,12-/m1/s1. The second-order valence-electron chi connectivity index (χ2n) is 5.70. The molecule has 2 aliphatic rings. The number of imidazole rings is 1. The van der Waals surface area contributed by atoms with Crippen LogP contribution >= 0.6 is 0 Å². The van der Waals surface area contributed by atoms with Gasteiger partial charge in [0, 0.05) is 12.8 Å². The topological polar surface area (TPSA) is 119 Å². The van der Waals surface area contributed by atoms with E-state index in [1.54, 1.807) is 4.57 Å². The minimum absolute atomic E-state index is 0.263. The molecule has 8 heteroatoms. The summed E-state index contributed by atoms with van der Waals surface area (Å²) in [5.74, 6) is 0.263. The van der Waals surface area contributed by atoms with E-state index in [1.807, 2.05) is 0 Å². The van der Waals surface area contributed by atoms with Crippen molar-refractivity contribution in [3.63, 3.8) is 0 Å². The van der Waals surface area contributed by atoms with Gasteiger partial charge in [0.15, 0.2) is 17.7 Å². The molecule has 1 aliphatic carbocycles. The van der Waals surface area contributed by atoms with Crippen molar-refractivity contribution in [2.24, 2.45) is 0 Å². The fraction of sp³-hybridized carbons (Fsp3) is 0.462. The van der Waals surface area contributed by atoms with Crippen LogP contribution in [0.3, 0.4) is 0 Å². The summed E-state index contributed by atoms with van der Waals surface area (Å²) in [6.45, 7) is 3.86. The second kappa shape index (κ2) is 4.00. The summed E-state index contributed by atoms with van der Waals surface area (Å²) in [7, 11) is 0. The van der Waals surface area contributed by atoms with Crippen LogP contribution in [-0.4, -0.2) is 47.5 Å². The second-order valence-corrected chi connectivity index (χ2v) is 5.70. The zero-order valence-electron chi connectivity index (χ0n) is 11.2. The number of nitrogen functional groups attached to an aromatic ring is 1. The molecule has 21 heavy (non-hydrogen) atoms. The van der Waals surface area contributed by atoms with Crippen LogP contribution in [-0.2, 0) is 4.74 Å². The third-order valence-electron chi connectivity index (χ3n) is 4.27. The SMILES string of the molecule is C=C1CC2(C1)O[C@@H](n1cnc3c(N)ncnc31)[C@H](O)[C@@H]2O. The van der Waals surface area contributed by atoms with E-state index in [0.29, 0.717) is 24.0 Å². The zero-order valence-corrected chi connectivity index (χ0v) is 11.2. The molecule has 3 atom stereocenters. The van der Waals surface area contributed by atoms with Gasteiger partial charge in [-0.1, -0.05) is 12.2 Å². The van der Waals surface area contributed by atoms with Crippen LogP contribution in [0.2, 0.25) is 0 Å². The third-order valence-corrected chi connectivity index (χ3v) is 4.27. The molecule has 8 nitrogen and oxygen atoms in total. The van der Waals surface area contributed by atoms with Crippen molar-refractivity contribution in [3.8, 4) is 0 Å². The average Bonchev–Trinajstić information content (AvgIpc) is 2.95. The molecular weight excluding hydrogens is 274 g/mol. The molecule has 0 amide bonds. The quantitative estimate of drug-likeness (QED) is 0.619. The summed E-state index contributed by atoms with van der Waals surface area (Å²) < 4.78 is 7.51. The molecular formula is C13H15N5O3. The van der Waals surface area contributed by atoms with Gasteiger partial charge in [0.2, 0.25) is 0 Å². The Hall–Kier alpha value is -2.03. The van der Waals surface area contributed by atoms with Crippen molar-refractivity contribution in [2.45, 2.75) is 36.9 Å². The van der Waals surface area contributed by atoms with Crippen LogP contribution in [0.4, 0.5) is 5.82 Å². The lowest BCUT2D eigenvalue weighted by Crippen LogP contribution is -2.49. The fourth-order valence-electron chi connectivity index (χ4n) is 3.21. The Morgan fingerprint density at radius 2 is 2.10 bits per heavy atom. The van der Waals surface area contributed by atoms with Gasteiger partial charge >= 0.3 is 0 Å². The fourth-order valence-corrected chi connectivity index (χ4v) is 3.21. The van der Waals surface area contributed by atoms with Crippen molar-refractivity contribution < 1.29 is 14.9 Å². The maximum absolute atomic E-state index is 10.3. The minimum Gasteiger partial charge on any atom is -0.387 e. The van der Waals surface area contributed by atoms with Crippen molar-refractivity contribution >= 4 is 17.0 Å². The predicted molar refractivity (Wildman–Crippen MR) is 73.0 cm³/mol. The lowest BCUT2D eigenvalue weighted by atomic mass is 9.72. The maximum Gasteiger partial charge on any atom is 0.167 e. The Kier molecular flexibility index (Phi) is 2.42. The first kappa shape index (κ1) is 12.7. The first-order chi connectivity index (χ1) is 10.0. The number of rotatable bonds is 1. The molecule has 2 aromatic rings. The number of nitrogens with two attached hydrogens (primary N) is 1. The molecule has 1 saturated carbocycles. The van der Waals surface area contributed by atoms with E-state index in [1.165, 1.54) is 12.7 Å². The number of nitrogens with zero attached hydrogens (tertiary/aromatic N) is 4. The number of anilines is 1. The number of ether oxygens (including phenoxy) is 1. The van der Waals surface area contributed by atoms with E-state index >= 15 is 0 Å². The number of aliphatic hydroxyl groups excluding tert-OH is 2. The summed E-state index contributed by atoms with van der Waals surface area (Å²) in [5, 5.41) is 20.6. The van der Waals surface area contributed by atoms with E-state index in [9.17, 15) is 10.2 Å². The molecule has 4 N–H and O–H groups in total. The molecule has 2 aromatic heterocycles. The van der Waals surface area contributed by atoms with Gasteiger partial charge < -0.3 is 20.7 Å². The summed E-state index contributed by atoms with van der Waals surface area (Å²) in [5.41, 5.74) is 6.91.